The molecule has 3 heterocycles. The first kappa shape index (κ1) is 12.1. The summed E-state index contributed by atoms with van der Waals surface area (Å²) in [5.74, 6) is 0.869. The lowest BCUT2D eigenvalue weighted by molar-refractivity contribution is 0.0714. The zero-order valence-electron chi connectivity index (χ0n) is 10.9. The summed E-state index contributed by atoms with van der Waals surface area (Å²) in [5.41, 5.74) is 7.22. The van der Waals surface area contributed by atoms with Crippen LogP contribution >= 0.6 is 0 Å². The monoisotopic (exact) mass is 259 g/mol. The summed E-state index contributed by atoms with van der Waals surface area (Å²) in [6.07, 6.45) is 3.59. The summed E-state index contributed by atoms with van der Waals surface area (Å²) in [4.78, 5) is 14.2. The summed E-state index contributed by atoms with van der Waals surface area (Å²) >= 11 is 0. The van der Waals surface area contributed by atoms with Crippen molar-refractivity contribution in [1.29, 1.82) is 0 Å². The van der Waals surface area contributed by atoms with Gasteiger partial charge in [0.15, 0.2) is 5.65 Å². The van der Waals surface area contributed by atoms with Crippen LogP contribution in [0.5, 0.6) is 0 Å². The van der Waals surface area contributed by atoms with Gasteiger partial charge in [-0.2, -0.15) is 0 Å². The zero-order valence-corrected chi connectivity index (χ0v) is 10.9. The maximum atomic E-state index is 12.4. The number of amides is 1. The van der Waals surface area contributed by atoms with Gasteiger partial charge >= 0.3 is 0 Å². The first-order valence-electron chi connectivity index (χ1n) is 6.51. The largest absolute Gasteiger partial charge is 0.339 e. The lowest BCUT2D eigenvalue weighted by Gasteiger charge is -2.30. The molecule has 2 N–H and O–H groups in total. The molecule has 0 atom stereocenters. The highest BCUT2D eigenvalue weighted by Crippen LogP contribution is 2.14. The van der Waals surface area contributed by atoms with Gasteiger partial charge in [0.2, 0.25) is 0 Å². The van der Waals surface area contributed by atoms with Crippen molar-refractivity contribution < 1.29 is 4.79 Å². The number of fused-ring (bicyclic) bond motifs is 1. The van der Waals surface area contributed by atoms with Gasteiger partial charge in [-0.05, 0) is 31.9 Å². The fourth-order valence-corrected chi connectivity index (χ4v) is 2.43. The van der Waals surface area contributed by atoms with Gasteiger partial charge in [-0.3, -0.25) is 9.20 Å². The second-order valence-electron chi connectivity index (χ2n) is 5.02. The van der Waals surface area contributed by atoms with Crippen LogP contribution in [0.15, 0.2) is 18.3 Å². The molecule has 6 heteroatoms. The van der Waals surface area contributed by atoms with E-state index in [1.165, 1.54) is 0 Å². The molecular weight excluding hydrogens is 242 g/mol. The van der Waals surface area contributed by atoms with Gasteiger partial charge in [-0.15, -0.1) is 10.2 Å². The molecule has 0 saturated carbocycles. The van der Waals surface area contributed by atoms with Crippen LogP contribution in [0.3, 0.4) is 0 Å². The SMILES string of the molecule is Cc1nnc2cc(C(=O)N3CCC(N)CC3)ccn12. The summed E-state index contributed by atoms with van der Waals surface area (Å²) in [6.45, 7) is 3.35. The number of hydrogen-bond acceptors (Lipinski definition) is 4. The Hall–Kier alpha value is -1.95. The minimum Gasteiger partial charge on any atom is -0.339 e. The predicted octanol–water partition coefficient (Wildman–Crippen LogP) is 0.601. The fraction of sp³-hybridized carbons (Fsp3) is 0.462. The Balaban J connectivity index is 1.85. The van der Waals surface area contributed by atoms with Crippen molar-refractivity contribution in [3.05, 3.63) is 29.7 Å². The molecule has 0 aromatic carbocycles. The van der Waals surface area contributed by atoms with Crippen LogP contribution in [0.4, 0.5) is 0 Å². The Labute approximate surface area is 111 Å². The van der Waals surface area contributed by atoms with Crippen molar-refractivity contribution in [2.24, 2.45) is 5.73 Å². The van der Waals surface area contributed by atoms with Crippen molar-refractivity contribution in [2.45, 2.75) is 25.8 Å². The van der Waals surface area contributed by atoms with Gasteiger partial charge in [0.25, 0.3) is 5.91 Å². The summed E-state index contributed by atoms with van der Waals surface area (Å²) in [5, 5.41) is 8.03. The first-order chi connectivity index (χ1) is 9.15. The van der Waals surface area contributed by atoms with E-state index in [4.69, 9.17) is 5.73 Å². The van der Waals surface area contributed by atoms with E-state index in [0.717, 1.165) is 31.8 Å². The van der Waals surface area contributed by atoms with Crippen LogP contribution < -0.4 is 5.73 Å². The third-order valence-corrected chi connectivity index (χ3v) is 3.65. The van der Waals surface area contributed by atoms with Gasteiger partial charge in [0, 0.05) is 30.9 Å². The minimum absolute atomic E-state index is 0.0510. The third-order valence-electron chi connectivity index (χ3n) is 3.65. The van der Waals surface area contributed by atoms with E-state index >= 15 is 0 Å². The van der Waals surface area contributed by atoms with E-state index in [1.807, 2.05) is 28.5 Å². The molecule has 1 aliphatic rings. The third kappa shape index (κ3) is 2.19. The first-order valence-corrected chi connectivity index (χ1v) is 6.51. The van der Waals surface area contributed by atoms with Gasteiger partial charge in [0.1, 0.15) is 5.82 Å². The average Bonchev–Trinajstić information content (AvgIpc) is 2.80. The number of aryl methyl sites for hydroxylation is 1. The number of pyridine rings is 1. The Morgan fingerprint density at radius 2 is 2.11 bits per heavy atom. The number of hydrogen-bond donors (Lipinski definition) is 1. The number of carbonyl (C=O) groups is 1. The highest BCUT2D eigenvalue weighted by molar-refractivity contribution is 5.95. The molecule has 100 valence electrons. The maximum Gasteiger partial charge on any atom is 0.254 e. The molecule has 1 fully saturated rings. The second-order valence-corrected chi connectivity index (χ2v) is 5.02. The van der Waals surface area contributed by atoms with E-state index in [1.54, 1.807) is 6.07 Å². The number of nitrogens with two attached hydrogens (primary N) is 1. The fourth-order valence-electron chi connectivity index (χ4n) is 2.43. The smallest absolute Gasteiger partial charge is 0.254 e. The quantitative estimate of drug-likeness (QED) is 0.813. The molecule has 0 unspecified atom stereocenters. The summed E-state index contributed by atoms with van der Waals surface area (Å²) in [6, 6.07) is 3.84. The molecule has 6 nitrogen and oxygen atoms in total. The molecule has 2 aromatic rings. The highest BCUT2D eigenvalue weighted by atomic mass is 16.2. The topological polar surface area (TPSA) is 76.5 Å². The average molecular weight is 259 g/mol. The van der Waals surface area contributed by atoms with Crippen LogP contribution in [-0.4, -0.2) is 44.5 Å². The van der Waals surface area contributed by atoms with E-state index < -0.39 is 0 Å². The van der Waals surface area contributed by atoms with E-state index in [9.17, 15) is 4.79 Å². The molecule has 3 rings (SSSR count). The molecular formula is C13H17N5O. The number of aromatic nitrogens is 3. The van der Waals surface area contributed by atoms with E-state index in [0.29, 0.717) is 11.2 Å². The minimum atomic E-state index is 0.0510. The molecule has 0 aliphatic carbocycles. The van der Waals surface area contributed by atoms with Gasteiger partial charge in [0.05, 0.1) is 0 Å². The molecule has 0 spiro atoms. The molecule has 1 aliphatic heterocycles. The molecule has 0 radical (unpaired) electrons. The number of carbonyl (C=O) groups excluding carboxylic acids is 1. The van der Waals surface area contributed by atoms with Crippen molar-refractivity contribution in [3.63, 3.8) is 0 Å². The zero-order chi connectivity index (χ0) is 13.4. The molecule has 2 aromatic heterocycles. The van der Waals surface area contributed by atoms with Crippen LogP contribution in [0.1, 0.15) is 29.0 Å². The molecule has 0 bridgehead atoms. The van der Waals surface area contributed by atoms with Crippen LogP contribution in [0, 0.1) is 6.92 Å². The maximum absolute atomic E-state index is 12.4. The van der Waals surface area contributed by atoms with E-state index in [-0.39, 0.29) is 11.9 Å². The number of likely N-dealkylation sites (tertiary alicyclic amines) is 1. The van der Waals surface area contributed by atoms with Crippen molar-refractivity contribution in [1.82, 2.24) is 19.5 Å². The van der Waals surface area contributed by atoms with Crippen molar-refractivity contribution >= 4 is 11.6 Å². The predicted molar refractivity (Wildman–Crippen MR) is 70.8 cm³/mol. The summed E-state index contributed by atoms with van der Waals surface area (Å²) < 4.78 is 1.86. The van der Waals surface area contributed by atoms with Crippen LogP contribution in [-0.2, 0) is 0 Å². The van der Waals surface area contributed by atoms with Gasteiger partial charge in [-0.1, -0.05) is 0 Å². The molecule has 19 heavy (non-hydrogen) atoms. The standard InChI is InChI=1S/C13H17N5O/c1-9-15-16-12-8-10(2-7-18(9)12)13(19)17-5-3-11(14)4-6-17/h2,7-8,11H,3-6,14H2,1H3. The highest BCUT2D eigenvalue weighted by Gasteiger charge is 2.22. The van der Waals surface area contributed by atoms with Crippen LogP contribution in [0.2, 0.25) is 0 Å². The van der Waals surface area contributed by atoms with Crippen molar-refractivity contribution in [3.8, 4) is 0 Å². The summed E-state index contributed by atoms with van der Waals surface area (Å²) in [7, 11) is 0. The van der Waals surface area contributed by atoms with Gasteiger partial charge in [-0.25, -0.2) is 0 Å². The Kier molecular flexibility index (Phi) is 2.94. The second kappa shape index (κ2) is 4.62. The van der Waals surface area contributed by atoms with Crippen molar-refractivity contribution in [2.75, 3.05) is 13.1 Å². The molecule has 1 amide bonds. The van der Waals surface area contributed by atoms with Crippen LogP contribution in [0.25, 0.3) is 5.65 Å². The Morgan fingerprint density at radius 1 is 1.37 bits per heavy atom. The lowest BCUT2D eigenvalue weighted by atomic mass is 10.1. The van der Waals surface area contributed by atoms with E-state index in [2.05, 4.69) is 10.2 Å². The number of piperidine rings is 1. The molecule has 1 saturated heterocycles. The number of rotatable bonds is 1. The van der Waals surface area contributed by atoms with Gasteiger partial charge < -0.3 is 10.6 Å². The lowest BCUT2D eigenvalue weighted by Crippen LogP contribution is -2.42. The Morgan fingerprint density at radius 3 is 2.84 bits per heavy atom. The normalized spacial score (nSPS) is 17.1. The Bertz CT molecular complexity index is 613. The number of nitrogens with zero attached hydrogens (tertiary/aromatic N) is 4.